The fourth-order valence-corrected chi connectivity index (χ4v) is 2.31. The third kappa shape index (κ3) is 1.17. The second-order valence-corrected chi connectivity index (χ2v) is 3.72. The number of aliphatic hydroxyl groups excluding tert-OH is 2. The number of hydrogen-bond donors (Lipinski definition) is 3. The Morgan fingerprint density at radius 1 is 1.09 bits per heavy atom. The predicted molar refractivity (Wildman–Crippen MR) is 41.1 cm³/mol. The molecule has 0 aromatic heterocycles. The van der Waals surface area contributed by atoms with E-state index >= 15 is 0 Å². The molecular formula is C8H15NO2. The topological polar surface area (TPSA) is 52.5 Å². The Labute approximate surface area is 66.4 Å². The Hall–Kier alpha value is -0.120. The van der Waals surface area contributed by atoms with Crippen molar-refractivity contribution in [2.24, 2.45) is 11.8 Å². The Morgan fingerprint density at radius 3 is 2.73 bits per heavy atom. The standard InChI is InChI=1S/C8H15NO2/c10-7-2-1-5-3-9-4-6(5)8(7)11/h5-11H,1-4H2. The number of aliphatic hydroxyl groups is 2. The molecule has 1 saturated carbocycles. The van der Waals surface area contributed by atoms with E-state index in [-0.39, 0.29) is 0 Å². The van der Waals surface area contributed by atoms with Gasteiger partial charge in [0.15, 0.2) is 0 Å². The summed E-state index contributed by atoms with van der Waals surface area (Å²) in [6, 6.07) is 0. The van der Waals surface area contributed by atoms with E-state index in [1.54, 1.807) is 0 Å². The summed E-state index contributed by atoms with van der Waals surface area (Å²) in [5.74, 6) is 0.909. The number of hydrogen-bond acceptors (Lipinski definition) is 3. The van der Waals surface area contributed by atoms with Crippen molar-refractivity contribution in [2.75, 3.05) is 13.1 Å². The first kappa shape index (κ1) is 7.53. The number of nitrogens with one attached hydrogen (secondary N) is 1. The van der Waals surface area contributed by atoms with Crippen LogP contribution in [0.25, 0.3) is 0 Å². The molecule has 2 rings (SSSR count). The van der Waals surface area contributed by atoms with Crippen LogP contribution in [0, 0.1) is 11.8 Å². The van der Waals surface area contributed by atoms with E-state index in [1.807, 2.05) is 0 Å². The summed E-state index contributed by atoms with van der Waals surface area (Å²) in [5.41, 5.74) is 0. The van der Waals surface area contributed by atoms with E-state index in [9.17, 15) is 10.2 Å². The minimum absolute atomic E-state index is 0.304. The Balaban J connectivity index is 2.06. The molecule has 0 amide bonds. The molecule has 0 radical (unpaired) electrons. The summed E-state index contributed by atoms with van der Waals surface area (Å²) in [5, 5.41) is 22.1. The van der Waals surface area contributed by atoms with Gasteiger partial charge in [-0.05, 0) is 25.3 Å². The van der Waals surface area contributed by atoms with Crippen molar-refractivity contribution in [1.29, 1.82) is 0 Å². The van der Waals surface area contributed by atoms with Crippen LogP contribution in [0.2, 0.25) is 0 Å². The molecule has 4 atom stereocenters. The molecule has 1 saturated heterocycles. The van der Waals surface area contributed by atoms with Gasteiger partial charge < -0.3 is 15.5 Å². The molecule has 1 heterocycles. The van der Waals surface area contributed by atoms with Crippen molar-refractivity contribution in [3.8, 4) is 0 Å². The van der Waals surface area contributed by atoms with Gasteiger partial charge in [0.25, 0.3) is 0 Å². The van der Waals surface area contributed by atoms with Crippen molar-refractivity contribution in [1.82, 2.24) is 5.32 Å². The lowest BCUT2D eigenvalue weighted by atomic mass is 9.78. The molecule has 3 N–H and O–H groups in total. The fourth-order valence-electron chi connectivity index (χ4n) is 2.31. The number of rotatable bonds is 0. The highest BCUT2D eigenvalue weighted by Crippen LogP contribution is 2.32. The zero-order valence-electron chi connectivity index (χ0n) is 6.53. The Kier molecular flexibility index (Phi) is 1.87. The molecule has 2 fully saturated rings. The second-order valence-electron chi connectivity index (χ2n) is 3.72. The van der Waals surface area contributed by atoms with Gasteiger partial charge in [-0.1, -0.05) is 0 Å². The van der Waals surface area contributed by atoms with E-state index in [2.05, 4.69) is 5.32 Å². The van der Waals surface area contributed by atoms with Crippen molar-refractivity contribution in [2.45, 2.75) is 25.0 Å². The minimum Gasteiger partial charge on any atom is -0.390 e. The quantitative estimate of drug-likeness (QED) is 0.437. The summed E-state index contributed by atoms with van der Waals surface area (Å²) in [6.45, 7) is 1.90. The monoisotopic (exact) mass is 157 g/mol. The van der Waals surface area contributed by atoms with Crippen LogP contribution >= 0.6 is 0 Å². The lowest BCUT2D eigenvalue weighted by molar-refractivity contribution is -0.0533. The van der Waals surface area contributed by atoms with Gasteiger partial charge >= 0.3 is 0 Å². The van der Waals surface area contributed by atoms with Gasteiger partial charge in [0.1, 0.15) is 0 Å². The van der Waals surface area contributed by atoms with Crippen molar-refractivity contribution in [3.05, 3.63) is 0 Å². The summed E-state index contributed by atoms with van der Waals surface area (Å²) in [7, 11) is 0. The van der Waals surface area contributed by atoms with Gasteiger partial charge in [-0.15, -0.1) is 0 Å². The molecule has 4 unspecified atom stereocenters. The molecule has 3 nitrogen and oxygen atoms in total. The number of fused-ring (bicyclic) bond motifs is 1. The fraction of sp³-hybridized carbons (Fsp3) is 1.00. The first-order valence-electron chi connectivity index (χ1n) is 4.36. The van der Waals surface area contributed by atoms with Crippen LogP contribution in [0.5, 0.6) is 0 Å². The van der Waals surface area contributed by atoms with Crippen LogP contribution < -0.4 is 5.32 Å². The molecule has 0 spiro atoms. The van der Waals surface area contributed by atoms with E-state index in [0.717, 1.165) is 25.9 Å². The lowest BCUT2D eigenvalue weighted by Crippen LogP contribution is -2.41. The SMILES string of the molecule is OC1CCC2CNCC2C1O. The van der Waals surface area contributed by atoms with E-state index in [4.69, 9.17) is 0 Å². The smallest absolute Gasteiger partial charge is 0.0842 e. The van der Waals surface area contributed by atoms with E-state index in [1.165, 1.54) is 0 Å². The van der Waals surface area contributed by atoms with Gasteiger partial charge in [-0.3, -0.25) is 0 Å². The molecule has 3 heteroatoms. The highest BCUT2D eigenvalue weighted by atomic mass is 16.3. The third-order valence-corrected chi connectivity index (χ3v) is 3.06. The van der Waals surface area contributed by atoms with Gasteiger partial charge in [-0.25, -0.2) is 0 Å². The van der Waals surface area contributed by atoms with E-state index in [0.29, 0.717) is 11.8 Å². The Morgan fingerprint density at radius 2 is 1.91 bits per heavy atom. The molecule has 0 bridgehead atoms. The van der Waals surface area contributed by atoms with Crippen molar-refractivity contribution in [3.63, 3.8) is 0 Å². The van der Waals surface area contributed by atoms with Crippen LogP contribution in [0.4, 0.5) is 0 Å². The predicted octanol–water partition coefficient (Wildman–Crippen LogP) is -0.662. The highest BCUT2D eigenvalue weighted by molar-refractivity contribution is 4.93. The molecule has 64 valence electrons. The maximum atomic E-state index is 9.56. The normalized spacial score (nSPS) is 50.7. The average Bonchev–Trinajstić information content (AvgIpc) is 2.45. The average molecular weight is 157 g/mol. The molecule has 1 aliphatic heterocycles. The minimum atomic E-state index is -0.483. The third-order valence-electron chi connectivity index (χ3n) is 3.06. The van der Waals surface area contributed by atoms with Gasteiger partial charge in [0.05, 0.1) is 12.2 Å². The maximum absolute atomic E-state index is 9.56. The zero-order chi connectivity index (χ0) is 7.84. The van der Waals surface area contributed by atoms with Gasteiger partial charge in [-0.2, -0.15) is 0 Å². The summed E-state index contributed by atoms with van der Waals surface area (Å²) in [4.78, 5) is 0. The van der Waals surface area contributed by atoms with Crippen LogP contribution in [0.3, 0.4) is 0 Å². The highest BCUT2D eigenvalue weighted by Gasteiger charge is 2.39. The van der Waals surface area contributed by atoms with Crippen LogP contribution in [-0.4, -0.2) is 35.5 Å². The maximum Gasteiger partial charge on any atom is 0.0842 e. The second kappa shape index (κ2) is 2.73. The van der Waals surface area contributed by atoms with E-state index < -0.39 is 12.2 Å². The molecular weight excluding hydrogens is 142 g/mol. The molecule has 0 aromatic carbocycles. The molecule has 2 aliphatic rings. The molecule has 0 aromatic rings. The van der Waals surface area contributed by atoms with Crippen molar-refractivity contribution < 1.29 is 10.2 Å². The van der Waals surface area contributed by atoms with Crippen LogP contribution in [0.15, 0.2) is 0 Å². The zero-order valence-corrected chi connectivity index (χ0v) is 6.53. The van der Waals surface area contributed by atoms with Gasteiger partial charge in [0, 0.05) is 12.5 Å². The van der Waals surface area contributed by atoms with Gasteiger partial charge in [0.2, 0.25) is 0 Å². The summed E-state index contributed by atoms with van der Waals surface area (Å²) in [6.07, 6.45) is 0.875. The van der Waals surface area contributed by atoms with Crippen LogP contribution in [-0.2, 0) is 0 Å². The van der Waals surface area contributed by atoms with Crippen LogP contribution in [0.1, 0.15) is 12.8 Å². The Bertz CT molecular complexity index is 151. The first-order valence-corrected chi connectivity index (χ1v) is 4.36. The summed E-state index contributed by atoms with van der Waals surface area (Å²) >= 11 is 0. The summed E-state index contributed by atoms with van der Waals surface area (Å²) < 4.78 is 0. The van der Waals surface area contributed by atoms with Crippen molar-refractivity contribution >= 4 is 0 Å². The lowest BCUT2D eigenvalue weighted by Gasteiger charge is -2.33. The molecule has 11 heavy (non-hydrogen) atoms. The first-order chi connectivity index (χ1) is 5.29. The largest absolute Gasteiger partial charge is 0.390 e. The molecule has 1 aliphatic carbocycles.